The van der Waals surface area contributed by atoms with Crippen molar-refractivity contribution < 1.29 is 0 Å². The Morgan fingerprint density at radius 3 is 2.89 bits per heavy atom. The van der Waals surface area contributed by atoms with Gasteiger partial charge in [-0.1, -0.05) is 42.5 Å². The molecule has 2 aromatic rings. The molecule has 1 fully saturated rings. The highest BCUT2D eigenvalue weighted by Crippen LogP contribution is 2.26. The minimum atomic E-state index is 0.228. The van der Waals surface area contributed by atoms with Crippen molar-refractivity contribution in [3.63, 3.8) is 0 Å². The van der Waals surface area contributed by atoms with Crippen molar-refractivity contribution in [1.82, 2.24) is 5.32 Å². The predicted molar refractivity (Wildman–Crippen MR) is 81.8 cm³/mol. The van der Waals surface area contributed by atoms with E-state index in [0.29, 0.717) is 5.92 Å². The lowest BCUT2D eigenvalue weighted by Gasteiger charge is -2.11. The maximum Gasteiger partial charge on any atom is 0.0723 e. The molecular weight excluding hydrogens is 232 g/mol. The third-order valence-electron chi connectivity index (χ3n) is 3.89. The molecule has 0 bridgehead atoms. The number of aliphatic imine (C=N–C) groups is 1. The maximum atomic E-state index is 4.76. The Morgan fingerprint density at radius 2 is 2.05 bits per heavy atom. The van der Waals surface area contributed by atoms with Crippen LogP contribution in [0.1, 0.15) is 24.9 Å². The number of rotatable bonds is 3. The predicted octanol–water partition coefficient (Wildman–Crippen LogP) is 3.58. The zero-order valence-corrected chi connectivity index (χ0v) is 11.3. The Hall–Kier alpha value is -1.67. The zero-order valence-electron chi connectivity index (χ0n) is 11.3. The van der Waals surface area contributed by atoms with Gasteiger partial charge in [-0.15, -0.1) is 0 Å². The molecule has 98 valence electrons. The smallest absolute Gasteiger partial charge is 0.0723 e. The van der Waals surface area contributed by atoms with Crippen LogP contribution >= 0.6 is 0 Å². The van der Waals surface area contributed by atoms with Gasteiger partial charge in [0, 0.05) is 18.7 Å². The SMILES string of the molecule is C[C@@H](N=CC1CCNC1)c1cccc2ccccc12. The van der Waals surface area contributed by atoms with Crippen molar-refractivity contribution in [2.75, 3.05) is 13.1 Å². The van der Waals surface area contributed by atoms with E-state index >= 15 is 0 Å². The molecule has 2 aromatic carbocycles. The highest BCUT2D eigenvalue weighted by atomic mass is 14.9. The third kappa shape index (κ3) is 2.69. The molecule has 0 aromatic heterocycles. The number of benzene rings is 2. The number of fused-ring (bicyclic) bond motifs is 1. The van der Waals surface area contributed by atoms with Gasteiger partial charge < -0.3 is 5.32 Å². The molecule has 0 aliphatic carbocycles. The molecular formula is C17H20N2. The minimum absolute atomic E-state index is 0.228. The van der Waals surface area contributed by atoms with Crippen LogP contribution in [0.4, 0.5) is 0 Å². The fourth-order valence-electron chi connectivity index (χ4n) is 2.75. The second kappa shape index (κ2) is 5.54. The standard InChI is InChI=1S/C17H20N2/c1-13(19-12-14-9-10-18-11-14)16-8-4-6-15-5-2-3-7-17(15)16/h2-8,12-14,18H,9-11H2,1H3/t13-,14?/m1/s1. The van der Waals surface area contributed by atoms with E-state index in [1.54, 1.807) is 0 Å². The summed E-state index contributed by atoms with van der Waals surface area (Å²) in [4.78, 5) is 4.76. The Balaban J connectivity index is 1.86. The summed E-state index contributed by atoms with van der Waals surface area (Å²) in [5.41, 5.74) is 1.32. The largest absolute Gasteiger partial charge is 0.316 e. The van der Waals surface area contributed by atoms with Crippen LogP contribution in [0.25, 0.3) is 10.8 Å². The van der Waals surface area contributed by atoms with Gasteiger partial charge in [-0.25, -0.2) is 0 Å². The van der Waals surface area contributed by atoms with E-state index in [1.165, 1.54) is 22.8 Å². The van der Waals surface area contributed by atoms with Gasteiger partial charge in [0.25, 0.3) is 0 Å². The first kappa shape index (κ1) is 12.4. The van der Waals surface area contributed by atoms with Crippen LogP contribution in [0.5, 0.6) is 0 Å². The van der Waals surface area contributed by atoms with Crippen LogP contribution in [-0.2, 0) is 0 Å². The van der Waals surface area contributed by atoms with Crippen molar-refractivity contribution in [2.45, 2.75) is 19.4 Å². The summed E-state index contributed by atoms with van der Waals surface area (Å²) < 4.78 is 0. The summed E-state index contributed by atoms with van der Waals surface area (Å²) in [6.45, 7) is 4.38. The van der Waals surface area contributed by atoms with Crippen molar-refractivity contribution in [2.24, 2.45) is 10.9 Å². The lowest BCUT2D eigenvalue weighted by Crippen LogP contribution is -2.09. The monoisotopic (exact) mass is 252 g/mol. The summed E-state index contributed by atoms with van der Waals surface area (Å²) >= 11 is 0. The van der Waals surface area contributed by atoms with E-state index in [2.05, 4.69) is 60.9 Å². The Labute approximate surface area is 114 Å². The van der Waals surface area contributed by atoms with Gasteiger partial charge in [-0.2, -0.15) is 0 Å². The van der Waals surface area contributed by atoms with Crippen molar-refractivity contribution in [1.29, 1.82) is 0 Å². The quantitative estimate of drug-likeness (QED) is 0.830. The van der Waals surface area contributed by atoms with Gasteiger partial charge in [0.1, 0.15) is 0 Å². The maximum absolute atomic E-state index is 4.76. The van der Waals surface area contributed by atoms with Gasteiger partial charge in [0.2, 0.25) is 0 Å². The molecule has 3 rings (SSSR count). The second-order valence-corrected chi connectivity index (χ2v) is 5.30. The van der Waals surface area contributed by atoms with E-state index in [9.17, 15) is 0 Å². The summed E-state index contributed by atoms with van der Waals surface area (Å²) in [5.74, 6) is 0.609. The Kier molecular flexibility index (Phi) is 3.60. The molecule has 1 saturated heterocycles. The molecule has 0 radical (unpaired) electrons. The van der Waals surface area contributed by atoms with Gasteiger partial charge >= 0.3 is 0 Å². The first-order valence-electron chi connectivity index (χ1n) is 7.06. The van der Waals surface area contributed by atoms with Crippen molar-refractivity contribution in [3.8, 4) is 0 Å². The number of nitrogens with zero attached hydrogens (tertiary/aromatic N) is 1. The lowest BCUT2D eigenvalue weighted by atomic mass is 10.00. The Bertz CT molecular complexity index is 577. The average molecular weight is 252 g/mol. The summed E-state index contributed by atoms with van der Waals surface area (Å²) in [6.07, 6.45) is 3.36. The van der Waals surface area contributed by atoms with Crippen LogP contribution in [0.3, 0.4) is 0 Å². The molecule has 2 heteroatoms. The van der Waals surface area contributed by atoms with Crippen LogP contribution in [0.15, 0.2) is 47.5 Å². The van der Waals surface area contributed by atoms with E-state index in [4.69, 9.17) is 4.99 Å². The van der Waals surface area contributed by atoms with E-state index in [1.807, 2.05) is 0 Å². The van der Waals surface area contributed by atoms with E-state index in [-0.39, 0.29) is 6.04 Å². The molecule has 1 aliphatic rings. The van der Waals surface area contributed by atoms with Crippen LogP contribution in [0, 0.1) is 5.92 Å². The normalized spacial score (nSPS) is 21.2. The van der Waals surface area contributed by atoms with Crippen molar-refractivity contribution in [3.05, 3.63) is 48.0 Å². The molecule has 1 aliphatic heterocycles. The lowest BCUT2D eigenvalue weighted by molar-refractivity contribution is 0.759. The molecule has 2 nitrogen and oxygen atoms in total. The van der Waals surface area contributed by atoms with Gasteiger partial charge in [0.15, 0.2) is 0 Å². The molecule has 0 amide bonds. The number of hydrogen-bond acceptors (Lipinski definition) is 2. The second-order valence-electron chi connectivity index (χ2n) is 5.30. The van der Waals surface area contributed by atoms with Gasteiger partial charge in [-0.3, -0.25) is 4.99 Å². The molecule has 1 heterocycles. The average Bonchev–Trinajstić information content (AvgIpc) is 2.97. The number of nitrogens with one attached hydrogen (secondary N) is 1. The van der Waals surface area contributed by atoms with Gasteiger partial charge in [0.05, 0.1) is 6.04 Å². The van der Waals surface area contributed by atoms with Crippen molar-refractivity contribution >= 4 is 17.0 Å². The molecule has 1 N–H and O–H groups in total. The highest BCUT2D eigenvalue weighted by molar-refractivity contribution is 5.86. The molecule has 0 saturated carbocycles. The van der Waals surface area contributed by atoms with E-state index < -0.39 is 0 Å². The number of hydrogen-bond donors (Lipinski definition) is 1. The van der Waals surface area contributed by atoms with Crippen LogP contribution < -0.4 is 5.32 Å². The summed E-state index contributed by atoms with van der Waals surface area (Å²) in [7, 11) is 0. The zero-order chi connectivity index (χ0) is 13.1. The van der Waals surface area contributed by atoms with Crippen LogP contribution in [0.2, 0.25) is 0 Å². The molecule has 19 heavy (non-hydrogen) atoms. The van der Waals surface area contributed by atoms with E-state index in [0.717, 1.165) is 13.1 Å². The molecule has 1 unspecified atom stereocenters. The minimum Gasteiger partial charge on any atom is -0.316 e. The Morgan fingerprint density at radius 1 is 1.21 bits per heavy atom. The highest BCUT2D eigenvalue weighted by Gasteiger charge is 2.13. The first-order valence-corrected chi connectivity index (χ1v) is 7.06. The fourth-order valence-corrected chi connectivity index (χ4v) is 2.75. The van der Waals surface area contributed by atoms with Crippen LogP contribution in [-0.4, -0.2) is 19.3 Å². The topological polar surface area (TPSA) is 24.4 Å². The molecule has 0 spiro atoms. The summed E-state index contributed by atoms with van der Waals surface area (Å²) in [5, 5.41) is 5.99. The third-order valence-corrected chi connectivity index (χ3v) is 3.89. The molecule has 2 atom stereocenters. The summed E-state index contributed by atoms with van der Waals surface area (Å²) in [6, 6.07) is 15.2. The first-order chi connectivity index (χ1) is 9.34. The fraction of sp³-hybridized carbons (Fsp3) is 0.353. The van der Waals surface area contributed by atoms with Gasteiger partial charge in [-0.05, 0) is 36.2 Å².